The van der Waals surface area contributed by atoms with Gasteiger partial charge in [0.05, 0.1) is 31.5 Å². The summed E-state index contributed by atoms with van der Waals surface area (Å²) in [6.07, 6.45) is 0.0760. The van der Waals surface area contributed by atoms with E-state index in [-0.39, 0.29) is 11.8 Å². The van der Waals surface area contributed by atoms with Crippen LogP contribution in [0.2, 0.25) is 0 Å². The van der Waals surface area contributed by atoms with Gasteiger partial charge in [-0.25, -0.2) is 9.80 Å². The van der Waals surface area contributed by atoms with Crippen LogP contribution in [0.3, 0.4) is 0 Å². The number of aromatic hydroxyl groups is 1. The van der Waals surface area contributed by atoms with Gasteiger partial charge in [0.2, 0.25) is 6.23 Å². The van der Waals surface area contributed by atoms with Crippen molar-refractivity contribution in [3.8, 4) is 17.2 Å². The average molecular weight is 444 g/mol. The lowest BCUT2D eigenvalue weighted by Gasteiger charge is -2.38. The van der Waals surface area contributed by atoms with E-state index < -0.39 is 12.2 Å². The highest BCUT2D eigenvalue weighted by atomic mass is 16.5. The van der Waals surface area contributed by atoms with Crippen molar-refractivity contribution in [1.82, 2.24) is 5.01 Å². The van der Waals surface area contributed by atoms with E-state index in [0.717, 1.165) is 22.4 Å². The van der Waals surface area contributed by atoms with Crippen LogP contribution in [0.1, 0.15) is 51.3 Å². The van der Waals surface area contributed by atoms with Gasteiger partial charge in [-0.2, -0.15) is 5.10 Å². The molecule has 0 radical (unpaired) electrons. The molecule has 5 rings (SSSR count). The number of rotatable bonds is 4. The maximum absolute atomic E-state index is 11.9. The van der Waals surface area contributed by atoms with Crippen molar-refractivity contribution in [3.63, 3.8) is 0 Å². The smallest absolute Gasteiger partial charge is 0.337 e. The number of phenolic OH excluding ortho intramolecular Hbond substituents is 1. The fourth-order valence-electron chi connectivity index (χ4n) is 4.41. The SMILES string of the molecule is COC(=O)c1ccc([C@H]2Oc3c(OC)cccc3[C@@H]3CC(c4cc(C)ccc4O)=NN23)cc1. The summed E-state index contributed by atoms with van der Waals surface area (Å²) < 4.78 is 16.8. The van der Waals surface area contributed by atoms with Gasteiger partial charge in [-0.15, -0.1) is 0 Å². The second-order valence-electron chi connectivity index (χ2n) is 8.13. The Hall–Kier alpha value is -4.00. The minimum Gasteiger partial charge on any atom is -0.507 e. The molecule has 33 heavy (non-hydrogen) atoms. The van der Waals surface area contributed by atoms with E-state index in [1.165, 1.54) is 7.11 Å². The van der Waals surface area contributed by atoms with E-state index in [1.807, 2.05) is 54.4 Å². The number of aryl methyl sites for hydroxylation is 1. The summed E-state index contributed by atoms with van der Waals surface area (Å²) in [4.78, 5) is 11.9. The number of phenols is 1. The third-order valence-electron chi connectivity index (χ3n) is 6.08. The van der Waals surface area contributed by atoms with Crippen LogP contribution in [-0.2, 0) is 4.74 Å². The molecule has 0 aromatic heterocycles. The lowest BCUT2D eigenvalue weighted by molar-refractivity contribution is -0.0209. The number of nitrogens with zero attached hydrogens (tertiary/aromatic N) is 2. The first-order chi connectivity index (χ1) is 16.0. The predicted molar refractivity (Wildman–Crippen MR) is 123 cm³/mol. The third kappa shape index (κ3) is 3.55. The third-order valence-corrected chi connectivity index (χ3v) is 6.08. The number of carbonyl (C=O) groups excluding carboxylic acids is 1. The molecule has 0 spiro atoms. The van der Waals surface area contributed by atoms with E-state index in [4.69, 9.17) is 19.3 Å². The van der Waals surface area contributed by atoms with Crippen molar-refractivity contribution in [2.24, 2.45) is 5.10 Å². The standard InChI is InChI=1S/C26H24N2O5/c1-15-7-12-22(29)19(13-15)20-14-21-18-5-4-6-23(31-2)24(18)33-25(28(21)27-20)16-8-10-17(11-9-16)26(30)32-3/h4-13,21,25,29H,14H2,1-3H3/t21-,25+/m0/s1. The van der Waals surface area contributed by atoms with Crippen LogP contribution in [0, 0.1) is 6.92 Å². The van der Waals surface area contributed by atoms with Crippen molar-refractivity contribution in [3.05, 3.63) is 88.5 Å². The maximum Gasteiger partial charge on any atom is 0.337 e. The lowest BCUT2D eigenvalue weighted by Crippen LogP contribution is -2.33. The minimum atomic E-state index is -0.532. The topological polar surface area (TPSA) is 80.6 Å². The van der Waals surface area contributed by atoms with E-state index >= 15 is 0 Å². The van der Waals surface area contributed by atoms with Gasteiger partial charge in [0.25, 0.3) is 0 Å². The molecule has 2 aliphatic heterocycles. The Morgan fingerprint density at radius 2 is 1.91 bits per heavy atom. The summed E-state index contributed by atoms with van der Waals surface area (Å²) in [7, 11) is 2.97. The van der Waals surface area contributed by atoms with Crippen LogP contribution < -0.4 is 9.47 Å². The monoisotopic (exact) mass is 444 g/mol. The first-order valence-corrected chi connectivity index (χ1v) is 10.7. The van der Waals surface area contributed by atoms with Gasteiger partial charge in [-0.1, -0.05) is 35.9 Å². The van der Waals surface area contributed by atoms with Gasteiger partial charge < -0.3 is 19.3 Å². The van der Waals surface area contributed by atoms with Crippen molar-refractivity contribution >= 4 is 11.7 Å². The molecule has 0 saturated carbocycles. The molecule has 0 saturated heterocycles. The van der Waals surface area contributed by atoms with Gasteiger partial charge in [0.1, 0.15) is 5.75 Å². The number of methoxy groups -OCH3 is 2. The van der Waals surface area contributed by atoms with Crippen LogP contribution >= 0.6 is 0 Å². The van der Waals surface area contributed by atoms with Gasteiger partial charge in [-0.05, 0) is 37.3 Å². The molecule has 7 nitrogen and oxygen atoms in total. The summed E-state index contributed by atoms with van der Waals surface area (Å²) in [6, 6.07) is 18.3. The Labute approximate surface area is 191 Å². The Bertz CT molecular complexity index is 1250. The minimum absolute atomic E-state index is 0.0935. The van der Waals surface area contributed by atoms with Gasteiger partial charge in [0.15, 0.2) is 11.5 Å². The molecule has 0 fully saturated rings. The number of hydrogen-bond acceptors (Lipinski definition) is 7. The van der Waals surface area contributed by atoms with Gasteiger partial charge >= 0.3 is 5.97 Å². The number of benzene rings is 3. The second-order valence-corrected chi connectivity index (χ2v) is 8.13. The van der Waals surface area contributed by atoms with Crippen LogP contribution in [0.5, 0.6) is 17.2 Å². The first kappa shape index (κ1) is 20.9. The van der Waals surface area contributed by atoms with Crippen molar-refractivity contribution in [2.75, 3.05) is 14.2 Å². The molecule has 0 amide bonds. The summed E-state index contributed by atoms with van der Waals surface area (Å²) in [6.45, 7) is 1.99. The lowest BCUT2D eigenvalue weighted by atomic mass is 9.94. The number of para-hydroxylation sites is 1. The van der Waals surface area contributed by atoms with Crippen LogP contribution in [0.25, 0.3) is 0 Å². The fourth-order valence-corrected chi connectivity index (χ4v) is 4.41. The molecule has 2 aliphatic rings. The Morgan fingerprint density at radius 3 is 2.64 bits per heavy atom. The number of esters is 1. The fraction of sp³-hybridized carbons (Fsp3) is 0.231. The molecule has 0 unspecified atom stereocenters. The van der Waals surface area contributed by atoms with Crippen molar-refractivity contribution in [1.29, 1.82) is 0 Å². The molecule has 168 valence electrons. The Morgan fingerprint density at radius 1 is 1.12 bits per heavy atom. The molecule has 0 bridgehead atoms. The number of carbonyl (C=O) groups is 1. The summed E-state index contributed by atoms with van der Waals surface area (Å²) in [5.74, 6) is 1.13. The molecular weight excluding hydrogens is 420 g/mol. The van der Waals surface area contributed by atoms with Gasteiger partial charge in [0, 0.05) is 23.1 Å². The molecule has 0 aliphatic carbocycles. The molecule has 3 aromatic rings. The Balaban J connectivity index is 1.60. The number of ether oxygens (including phenoxy) is 3. The van der Waals surface area contributed by atoms with E-state index in [0.29, 0.717) is 29.0 Å². The van der Waals surface area contributed by atoms with Crippen LogP contribution in [0.4, 0.5) is 0 Å². The predicted octanol–water partition coefficient (Wildman–Crippen LogP) is 4.74. The zero-order valence-electron chi connectivity index (χ0n) is 18.6. The normalized spacial score (nSPS) is 18.6. The highest BCUT2D eigenvalue weighted by molar-refractivity contribution is 6.04. The molecule has 2 atom stereocenters. The zero-order valence-corrected chi connectivity index (χ0v) is 18.6. The number of hydrogen-bond donors (Lipinski definition) is 1. The maximum atomic E-state index is 11.9. The molecular formula is C26H24N2O5. The summed E-state index contributed by atoms with van der Waals surface area (Å²) in [5, 5.41) is 17.3. The van der Waals surface area contributed by atoms with Gasteiger partial charge in [-0.3, -0.25) is 0 Å². The van der Waals surface area contributed by atoms with Crippen LogP contribution in [0.15, 0.2) is 65.8 Å². The molecule has 3 aromatic carbocycles. The molecule has 7 heteroatoms. The summed E-state index contributed by atoms with van der Waals surface area (Å²) >= 11 is 0. The highest BCUT2D eigenvalue weighted by Gasteiger charge is 2.42. The highest BCUT2D eigenvalue weighted by Crippen LogP contribution is 2.51. The van der Waals surface area contributed by atoms with E-state index in [9.17, 15) is 9.90 Å². The largest absolute Gasteiger partial charge is 0.507 e. The first-order valence-electron chi connectivity index (χ1n) is 10.7. The number of fused-ring (bicyclic) bond motifs is 3. The summed E-state index contributed by atoms with van der Waals surface area (Å²) in [5.41, 5.74) is 4.82. The average Bonchev–Trinajstić information content (AvgIpc) is 3.29. The second kappa shape index (κ2) is 8.16. The van der Waals surface area contributed by atoms with Crippen molar-refractivity contribution in [2.45, 2.75) is 25.6 Å². The van der Waals surface area contributed by atoms with Crippen LogP contribution in [-0.4, -0.2) is 36.0 Å². The molecule has 2 heterocycles. The Kier molecular flexibility index (Phi) is 5.17. The quantitative estimate of drug-likeness (QED) is 0.586. The number of hydrazone groups is 1. The van der Waals surface area contributed by atoms with Crippen molar-refractivity contribution < 1.29 is 24.1 Å². The zero-order chi connectivity index (χ0) is 23.1. The molecule has 1 N–H and O–H groups in total. The van der Waals surface area contributed by atoms with E-state index in [1.54, 1.807) is 25.3 Å². The van der Waals surface area contributed by atoms with E-state index in [2.05, 4.69) is 0 Å².